The maximum Gasteiger partial charge on any atom is 0.217 e. The Bertz CT molecular complexity index is 332. The minimum atomic E-state index is -1.29. The van der Waals surface area contributed by atoms with Crippen LogP contribution in [0.15, 0.2) is 0 Å². The number of hydrogen-bond acceptors (Lipinski definition) is 6. The number of carbonyl (C=O) groups excluding carboxylic acids is 1. The molecule has 0 aliphatic carbocycles. The summed E-state index contributed by atoms with van der Waals surface area (Å²) in [6.45, 7) is 1.26. The molecule has 0 spiro atoms. The molecule has 0 saturated carbocycles. The van der Waals surface area contributed by atoms with Gasteiger partial charge < -0.3 is 30.1 Å². The highest BCUT2D eigenvalue weighted by atomic mass is 35.5. The zero-order valence-electron chi connectivity index (χ0n) is 12.8. The summed E-state index contributed by atoms with van der Waals surface area (Å²) in [6.07, 6.45) is -0.692. The van der Waals surface area contributed by atoms with E-state index < -0.39 is 37.3 Å². The number of ether oxygens (including phenoxy) is 2. The fraction of sp³-hybridized carbons (Fsp3) is 0.929. The van der Waals surface area contributed by atoms with E-state index in [9.17, 15) is 20.1 Å². The Labute approximate surface area is 135 Å². The molecule has 5 atom stereocenters. The summed E-state index contributed by atoms with van der Waals surface area (Å²) >= 11 is 5.60. The first-order valence-electron chi connectivity index (χ1n) is 7.58. The van der Waals surface area contributed by atoms with Gasteiger partial charge in [-0.3, -0.25) is 4.79 Å². The van der Waals surface area contributed by atoms with Crippen molar-refractivity contribution < 1.29 is 29.6 Å². The molecule has 1 saturated heterocycles. The zero-order valence-corrected chi connectivity index (χ0v) is 13.5. The first-order valence-corrected chi connectivity index (χ1v) is 8.11. The van der Waals surface area contributed by atoms with Crippen molar-refractivity contribution in [3.8, 4) is 0 Å². The van der Waals surface area contributed by atoms with Gasteiger partial charge in [0, 0.05) is 19.4 Å². The van der Waals surface area contributed by atoms with Crippen molar-refractivity contribution in [3.63, 3.8) is 0 Å². The van der Waals surface area contributed by atoms with Gasteiger partial charge >= 0.3 is 0 Å². The van der Waals surface area contributed by atoms with Crippen LogP contribution in [-0.2, 0) is 14.3 Å². The maximum absolute atomic E-state index is 11.2. The van der Waals surface area contributed by atoms with E-state index in [0.29, 0.717) is 12.5 Å². The third kappa shape index (κ3) is 5.98. The molecule has 1 amide bonds. The van der Waals surface area contributed by atoms with Crippen LogP contribution in [0.1, 0.15) is 32.6 Å². The molecule has 130 valence electrons. The van der Waals surface area contributed by atoms with Gasteiger partial charge in [0.15, 0.2) is 6.29 Å². The van der Waals surface area contributed by atoms with Crippen molar-refractivity contribution in [1.29, 1.82) is 0 Å². The standard InChI is InChI=1S/C14H26ClNO6/c1-9(18)16-11-13(20)12(19)10(8-17)22-14(11)21-7-5-3-2-4-6-15/h10-14,17,19-20H,2-8H2,1H3,(H,16,18)/t10-,11+,12+,13-,14-/m0/s1. The van der Waals surface area contributed by atoms with Gasteiger partial charge in [0.2, 0.25) is 5.91 Å². The Kier molecular flexibility index (Phi) is 9.23. The highest BCUT2D eigenvalue weighted by Crippen LogP contribution is 2.22. The van der Waals surface area contributed by atoms with Crippen molar-refractivity contribution >= 4 is 17.5 Å². The van der Waals surface area contributed by atoms with Crippen molar-refractivity contribution in [2.75, 3.05) is 19.1 Å². The van der Waals surface area contributed by atoms with Gasteiger partial charge in [-0.1, -0.05) is 12.8 Å². The Balaban J connectivity index is 2.52. The smallest absolute Gasteiger partial charge is 0.217 e. The van der Waals surface area contributed by atoms with Crippen LogP contribution in [0.3, 0.4) is 0 Å². The van der Waals surface area contributed by atoms with Crippen LogP contribution in [-0.4, -0.2) is 71.0 Å². The predicted molar refractivity (Wildman–Crippen MR) is 80.5 cm³/mol. The summed E-state index contributed by atoms with van der Waals surface area (Å²) in [5.41, 5.74) is 0. The van der Waals surface area contributed by atoms with Gasteiger partial charge in [0.1, 0.15) is 24.4 Å². The minimum absolute atomic E-state index is 0.363. The first-order chi connectivity index (χ1) is 10.5. The van der Waals surface area contributed by atoms with Crippen molar-refractivity contribution in [2.24, 2.45) is 0 Å². The molecule has 0 aromatic rings. The number of unbranched alkanes of at least 4 members (excludes halogenated alkanes) is 3. The molecule has 4 N–H and O–H groups in total. The first kappa shape index (κ1) is 19.6. The lowest BCUT2D eigenvalue weighted by Crippen LogP contribution is -2.64. The second-order valence-electron chi connectivity index (χ2n) is 5.41. The van der Waals surface area contributed by atoms with E-state index in [1.165, 1.54) is 6.92 Å². The molecule has 1 aliphatic rings. The second kappa shape index (κ2) is 10.4. The molecule has 1 fully saturated rings. The summed E-state index contributed by atoms with van der Waals surface area (Å²) in [4.78, 5) is 11.2. The number of nitrogens with one attached hydrogen (secondary N) is 1. The van der Waals surface area contributed by atoms with Crippen LogP contribution < -0.4 is 5.32 Å². The number of alkyl halides is 1. The fourth-order valence-corrected chi connectivity index (χ4v) is 2.55. The summed E-state index contributed by atoms with van der Waals surface area (Å²) in [5.74, 6) is 0.275. The van der Waals surface area contributed by atoms with Crippen LogP contribution in [0, 0.1) is 0 Å². The monoisotopic (exact) mass is 339 g/mol. The second-order valence-corrected chi connectivity index (χ2v) is 5.78. The van der Waals surface area contributed by atoms with Crippen LogP contribution in [0.2, 0.25) is 0 Å². The van der Waals surface area contributed by atoms with E-state index in [4.69, 9.17) is 21.1 Å². The SMILES string of the molecule is CC(=O)N[C@H]1[C@@H](OCCCCCCCl)O[C@@H](CO)[C@@H](O)[C@H]1O. The van der Waals surface area contributed by atoms with Gasteiger partial charge in [-0.05, 0) is 12.8 Å². The van der Waals surface area contributed by atoms with Crippen LogP contribution in [0.25, 0.3) is 0 Å². The molecule has 8 heteroatoms. The van der Waals surface area contributed by atoms with Gasteiger partial charge in [-0.2, -0.15) is 0 Å². The van der Waals surface area contributed by atoms with Crippen molar-refractivity contribution in [1.82, 2.24) is 5.32 Å². The maximum atomic E-state index is 11.2. The minimum Gasteiger partial charge on any atom is -0.394 e. The molecular formula is C14H26ClNO6. The van der Waals surface area contributed by atoms with E-state index in [2.05, 4.69) is 5.32 Å². The van der Waals surface area contributed by atoms with E-state index in [0.717, 1.165) is 25.7 Å². The number of aliphatic hydroxyl groups is 3. The average Bonchev–Trinajstić information content (AvgIpc) is 2.49. The predicted octanol–water partition coefficient (Wildman–Crippen LogP) is -0.254. The zero-order chi connectivity index (χ0) is 16.5. The van der Waals surface area contributed by atoms with Crippen molar-refractivity contribution in [3.05, 3.63) is 0 Å². The van der Waals surface area contributed by atoms with Crippen molar-refractivity contribution in [2.45, 2.75) is 63.3 Å². The lowest BCUT2D eigenvalue weighted by atomic mass is 9.97. The lowest BCUT2D eigenvalue weighted by Gasteiger charge is -2.42. The van der Waals surface area contributed by atoms with Gasteiger partial charge in [-0.15, -0.1) is 11.6 Å². The number of halogens is 1. The van der Waals surface area contributed by atoms with E-state index in [1.807, 2.05) is 0 Å². The Morgan fingerprint density at radius 2 is 1.91 bits per heavy atom. The third-order valence-electron chi connectivity index (χ3n) is 3.56. The summed E-state index contributed by atoms with van der Waals surface area (Å²) < 4.78 is 11.0. The highest BCUT2D eigenvalue weighted by Gasteiger charge is 2.45. The molecule has 0 aromatic carbocycles. The molecule has 0 aromatic heterocycles. The number of aliphatic hydroxyl groups excluding tert-OH is 3. The molecule has 1 aliphatic heterocycles. The fourth-order valence-electron chi connectivity index (χ4n) is 2.36. The Morgan fingerprint density at radius 1 is 1.23 bits per heavy atom. The summed E-state index contributed by atoms with van der Waals surface area (Å²) in [5, 5.41) is 31.6. The molecule has 1 rings (SSSR count). The topological polar surface area (TPSA) is 108 Å². The molecule has 0 bridgehead atoms. The highest BCUT2D eigenvalue weighted by molar-refractivity contribution is 6.17. The molecule has 1 heterocycles. The lowest BCUT2D eigenvalue weighted by molar-refractivity contribution is -0.270. The number of rotatable bonds is 9. The van der Waals surface area contributed by atoms with Gasteiger partial charge in [0.05, 0.1) is 6.61 Å². The van der Waals surface area contributed by atoms with Gasteiger partial charge in [-0.25, -0.2) is 0 Å². The molecule has 0 unspecified atom stereocenters. The molecular weight excluding hydrogens is 314 g/mol. The normalized spacial score (nSPS) is 32.0. The third-order valence-corrected chi connectivity index (χ3v) is 3.83. The van der Waals surface area contributed by atoms with E-state index in [-0.39, 0.29) is 5.91 Å². The van der Waals surface area contributed by atoms with E-state index in [1.54, 1.807) is 0 Å². The number of hydrogen-bond donors (Lipinski definition) is 4. The summed E-state index contributed by atoms with van der Waals surface area (Å²) in [7, 11) is 0. The largest absolute Gasteiger partial charge is 0.394 e. The molecule has 22 heavy (non-hydrogen) atoms. The average molecular weight is 340 g/mol. The Morgan fingerprint density at radius 3 is 2.50 bits per heavy atom. The molecule has 0 radical (unpaired) electrons. The van der Waals surface area contributed by atoms with Crippen LogP contribution in [0.5, 0.6) is 0 Å². The quantitative estimate of drug-likeness (QED) is 0.341. The van der Waals surface area contributed by atoms with E-state index >= 15 is 0 Å². The summed E-state index contributed by atoms with van der Waals surface area (Å²) in [6, 6.07) is -0.877. The number of carbonyl (C=O) groups is 1. The number of amides is 1. The van der Waals surface area contributed by atoms with Crippen LogP contribution >= 0.6 is 11.6 Å². The molecule has 7 nitrogen and oxygen atoms in total. The van der Waals surface area contributed by atoms with Gasteiger partial charge in [0.25, 0.3) is 0 Å². The Hall–Kier alpha value is -0.440. The van der Waals surface area contributed by atoms with Crippen LogP contribution in [0.4, 0.5) is 0 Å².